The number of amides is 1. The van der Waals surface area contributed by atoms with E-state index in [1.165, 1.54) is 0 Å². The lowest BCUT2D eigenvalue weighted by Crippen LogP contribution is -2.17. The van der Waals surface area contributed by atoms with Crippen LogP contribution < -0.4 is 10.0 Å². The fourth-order valence-corrected chi connectivity index (χ4v) is 1.01. The first kappa shape index (κ1) is 8.93. The minimum absolute atomic E-state index is 0.0968. The Kier molecular flexibility index (Phi) is 2.99. The van der Waals surface area contributed by atoms with Gasteiger partial charge in [-0.25, -0.2) is 0 Å². The van der Waals surface area contributed by atoms with Gasteiger partial charge in [-0.2, -0.15) is 0 Å². The van der Waals surface area contributed by atoms with Crippen molar-refractivity contribution in [3.8, 4) is 0 Å². The summed E-state index contributed by atoms with van der Waals surface area (Å²) in [6, 6.07) is 7.10. The van der Waals surface area contributed by atoms with Crippen molar-refractivity contribution in [2.45, 2.75) is 0 Å². The molecule has 0 unspecified atom stereocenters. The first-order valence-corrected chi connectivity index (χ1v) is 3.95. The Morgan fingerprint density at radius 1 is 1.50 bits per heavy atom. The number of thiol groups is 1. The second kappa shape index (κ2) is 4.01. The molecule has 12 heavy (non-hydrogen) atoms. The minimum Gasteiger partial charge on any atom is -0.355 e. The zero-order valence-electron chi connectivity index (χ0n) is 6.66. The zero-order valence-corrected chi connectivity index (χ0v) is 7.56. The SMILES string of the molecule is CNC(=O)c1cccc(NS)c1. The minimum atomic E-state index is -0.0968. The van der Waals surface area contributed by atoms with Crippen LogP contribution in [0.1, 0.15) is 10.4 Å². The van der Waals surface area contributed by atoms with Crippen molar-refractivity contribution in [1.29, 1.82) is 0 Å². The maximum absolute atomic E-state index is 11.1. The van der Waals surface area contributed by atoms with Gasteiger partial charge in [-0.15, -0.1) is 0 Å². The predicted octanol–water partition coefficient (Wildman–Crippen LogP) is 1.30. The summed E-state index contributed by atoms with van der Waals surface area (Å²) < 4.78 is 2.66. The number of hydrogen-bond donors (Lipinski definition) is 3. The number of rotatable bonds is 2. The summed E-state index contributed by atoms with van der Waals surface area (Å²) in [5.41, 5.74) is 1.43. The average Bonchev–Trinajstić information content (AvgIpc) is 2.17. The van der Waals surface area contributed by atoms with Crippen LogP contribution in [0.25, 0.3) is 0 Å². The van der Waals surface area contributed by atoms with Crippen molar-refractivity contribution < 1.29 is 4.79 Å². The Balaban J connectivity index is 2.93. The highest BCUT2D eigenvalue weighted by molar-refractivity contribution is 7.81. The first-order valence-electron chi connectivity index (χ1n) is 3.50. The molecule has 0 aliphatic carbocycles. The number of carbonyl (C=O) groups excluding carboxylic acids is 1. The molecule has 1 amide bonds. The standard InChI is InChI=1S/C8H10N2OS/c1-9-8(11)6-3-2-4-7(5-6)10-12/h2-5,10,12H,1H3,(H,9,11). The normalized spacial score (nSPS) is 9.17. The Hall–Kier alpha value is -1.16. The van der Waals surface area contributed by atoms with Gasteiger partial charge in [0.25, 0.3) is 5.91 Å². The van der Waals surface area contributed by atoms with E-state index in [2.05, 4.69) is 22.9 Å². The van der Waals surface area contributed by atoms with Crippen molar-refractivity contribution in [1.82, 2.24) is 5.32 Å². The van der Waals surface area contributed by atoms with Crippen LogP contribution in [0.3, 0.4) is 0 Å². The molecule has 0 radical (unpaired) electrons. The smallest absolute Gasteiger partial charge is 0.251 e. The molecule has 1 aromatic rings. The van der Waals surface area contributed by atoms with Gasteiger partial charge in [0.05, 0.1) is 0 Å². The number of benzene rings is 1. The second-order valence-corrected chi connectivity index (χ2v) is 2.50. The van der Waals surface area contributed by atoms with Crippen LogP contribution in [0.15, 0.2) is 24.3 Å². The quantitative estimate of drug-likeness (QED) is 0.603. The summed E-state index contributed by atoms with van der Waals surface area (Å²) in [4.78, 5) is 11.1. The Morgan fingerprint density at radius 3 is 2.83 bits per heavy atom. The molecule has 0 bridgehead atoms. The molecular weight excluding hydrogens is 172 g/mol. The number of hydrogen-bond acceptors (Lipinski definition) is 3. The van der Waals surface area contributed by atoms with Gasteiger partial charge in [0, 0.05) is 18.3 Å². The van der Waals surface area contributed by atoms with E-state index in [9.17, 15) is 4.79 Å². The van der Waals surface area contributed by atoms with Gasteiger partial charge in [0.15, 0.2) is 0 Å². The predicted molar refractivity (Wildman–Crippen MR) is 52.4 cm³/mol. The van der Waals surface area contributed by atoms with E-state index >= 15 is 0 Å². The van der Waals surface area contributed by atoms with Gasteiger partial charge in [0.2, 0.25) is 0 Å². The molecular formula is C8H10N2OS. The van der Waals surface area contributed by atoms with Crippen molar-refractivity contribution in [2.75, 3.05) is 11.8 Å². The highest BCUT2D eigenvalue weighted by Gasteiger charge is 2.01. The fourth-order valence-electron chi connectivity index (χ4n) is 0.874. The summed E-state index contributed by atoms with van der Waals surface area (Å²) in [6.07, 6.45) is 0. The maximum Gasteiger partial charge on any atom is 0.251 e. The van der Waals surface area contributed by atoms with Gasteiger partial charge < -0.3 is 10.0 Å². The Bertz CT molecular complexity index is 288. The molecule has 0 aromatic heterocycles. The van der Waals surface area contributed by atoms with Crippen LogP contribution in [-0.4, -0.2) is 13.0 Å². The molecule has 64 valence electrons. The zero-order chi connectivity index (χ0) is 8.97. The molecule has 2 N–H and O–H groups in total. The third kappa shape index (κ3) is 1.92. The van der Waals surface area contributed by atoms with Gasteiger partial charge in [-0.1, -0.05) is 18.9 Å². The van der Waals surface area contributed by atoms with Crippen LogP contribution in [0.4, 0.5) is 5.69 Å². The van der Waals surface area contributed by atoms with E-state index in [1.54, 1.807) is 25.2 Å². The lowest BCUT2D eigenvalue weighted by Gasteiger charge is -2.01. The molecule has 0 saturated carbocycles. The van der Waals surface area contributed by atoms with Crippen LogP contribution in [-0.2, 0) is 0 Å². The van der Waals surface area contributed by atoms with Crippen LogP contribution in [0.5, 0.6) is 0 Å². The summed E-state index contributed by atoms with van der Waals surface area (Å²) in [6.45, 7) is 0. The Morgan fingerprint density at radius 2 is 2.25 bits per heavy atom. The van der Waals surface area contributed by atoms with E-state index < -0.39 is 0 Å². The van der Waals surface area contributed by atoms with Crippen molar-refractivity contribution in [3.05, 3.63) is 29.8 Å². The molecule has 0 saturated heterocycles. The molecule has 4 heteroatoms. The van der Waals surface area contributed by atoms with Crippen molar-refractivity contribution in [2.24, 2.45) is 0 Å². The molecule has 0 spiro atoms. The highest BCUT2D eigenvalue weighted by Crippen LogP contribution is 2.10. The van der Waals surface area contributed by atoms with Gasteiger partial charge >= 0.3 is 0 Å². The highest BCUT2D eigenvalue weighted by atomic mass is 32.1. The van der Waals surface area contributed by atoms with E-state index in [1.807, 2.05) is 6.07 Å². The molecule has 0 fully saturated rings. The summed E-state index contributed by atoms with van der Waals surface area (Å²) in [7, 11) is 1.60. The van der Waals surface area contributed by atoms with Crippen molar-refractivity contribution >= 4 is 24.4 Å². The number of anilines is 1. The van der Waals surface area contributed by atoms with E-state index in [-0.39, 0.29) is 5.91 Å². The molecule has 0 atom stereocenters. The monoisotopic (exact) mass is 182 g/mol. The van der Waals surface area contributed by atoms with Crippen LogP contribution in [0.2, 0.25) is 0 Å². The summed E-state index contributed by atoms with van der Waals surface area (Å²) >= 11 is 3.87. The summed E-state index contributed by atoms with van der Waals surface area (Å²) in [5.74, 6) is -0.0968. The molecule has 0 aliphatic rings. The van der Waals surface area contributed by atoms with Gasteiger partial charge in [0.1, 0.15) is 0 Å². The lowest BCUT2D eigenvalue weighted by atomic mass is 10.2. The average molecular weight is 182 g/mol. The van der Waals surface area contributed by atoms with Gasteiger partial charge in [-0.3, -0.25) is 4.79 Å². The maximum atomic E-state index is 11.1. The first-order chi connectivity index (χ1) is 5.77. The molecule has 3 nitrogen and oxygen atoms in total. The van der Waals surface area contributed by atoms with Crippen LogP contribution >= 0.6 is 12.8 Å². The lowest BCUT2D eigenvalue weighted by molar-refractivity contribution is 0.0963. The molecule has 1 rings (SSSR count). The van der Waals surface area contributed by atoms with E-state index in [0.717, 1.165) is 5.69 Å². The fraction of sp³-hybridized carbons (Fsp3) is 0.125. The summed E-state index contributed by atoms with van der Waals surface area (Å²) in [5, 5.41) is 2.54. The second-order valence-electron chi connectivity index (χ2n) is 2.27. The van der Waals surface area contributed by atoms with Crippen LogP contribution in [0, 0.1) is 0 Å². The molecule has 1 aromatic carbocycles. The van der Waals surface area contributed by atoms with E-state index in [4.69, 9.17) is 0 Å². The third-order valence-corrected chi connectivity index (χ3v) is 1.74. The largest absolute Gasteiger partial charge is 0.355 e. The van der Waals surface area contributed by atoms with Gasteiger partial charge in [-0.05, 0) is 18.2 Å². The topological polar surface area (TPSA) is 41.1 Å². The Labute approximate surface area is 76.7 Å². The molecule has 0 heterocycles. The van der Waals surface area contributed by atoms with E-state index in [0.29, 0.717) is 5.56 Å². The van der Waals surface area contributed by atoms with Crippen molar-refractivity contribution in [3.63, 3.8) is 0 Å². The third-order valence-electron chi connectivity index (χ3n) is 1.48. The number of carbonyl (C=O) groups is 1. The number of nitrogens with one attached hydrogen (secondary N) is 2. The molecule has 0 aliphatic heterocycles.